The lowest BCUT2D eigenvalue weighted by molar-refractivity contribution is 0.414. The van der Waals surface area contributed by atoms with Crippen LogP contribution in [0.1, 0.15) is 16.7 Å². The quantitative estimate of drug-likeness (QED) is 0.800. The second-order valence-electron chi connectivity index (χ2n) is 4.75. The normalized spacial score (nSPS) is 10.4. The number of halogens is 2. The fraction of sp³-hybridized carbons (Fsp3) is 0.250. The molecule has 0 aromatic heterocycles. The third-order valence-corrected chi connectivity index (χ3v) is 3.99. The van der Waals surface area contributed by atoms with Crippen molar-refractivity contribution in [3.8, 4) is 5.75 Å². The van der Waals surface area contributed by atoms with Gasteiger partial charge in [-0.1, -0.05) is 35.4 Å². The van der Waals surface area contributed by atoms with E-state index in [0.717, 1.165) is 22.5 Å². The van der Waals surface area contributed by atoms with Crippen LogP contribution in [0.5, 0.6) is 5.75 Å². The number of rotatable bonds is 4. The van der Waals surface area contributed by atoms with E-state index in [1.54, 1.807) is 7.11 Å². The SMILES string of the molecule is COc1c(Br)cc(Cl)cc1NCc1cc(C)ccc1C. The molecule has 0 saturated heterocycles. The van der Waals surface area contributed by atoms with Gasteiger partial charge in [0.2, 0.25) is 0 Å². The number of nitrogens with one attached hydrogen (secondary N) is 1. The van der Waals surface area contributed by atoms with Crippen molar-refractivity contribution >= 4 is 33.2 Å². The molecule has 0 atom stereocenters. The molecular formula is C16H17BrClNO. The maximum absolute atomic E-state index is 6.09. The van der Waals surface area contributed by atoms with Gasteiger partial charge in [-0.3, -0.25) is 0 Å². The summed E-state index contributed by atoms with van der Waals surface area (Å²) in [6.07, 6.45) is 0. The number of hydrogen-bond donors (Lipinski definition) is 1. The van der Waals surface area contributed by atoms with Crippen molar-refractivity contribution in [3.63, 3.8) is 0 Å². The molecule has 2 nitrogen and oxygen atoms in total. The van der Waals surface area contributed by atoms with Gasteiger partial charge in [-0.25, -0.2) is 0 Å². The van der Waals surface area contributed by atoms with Crippen molar-refractivity contribution in [1.29, 1.82) is 0 Å². The second-order valence-corrected chi connectivity index (χ2v) is 6.04. The molecular weight excluding hydrogens is 338 g/mol. The Bertz CT molecular complexity index is 628. The first-order valence-electron chi connectivity index (χ1n) is 6.34. The fourth-order valence-electron chi connectivity index (χ4n) is 2.08. The first-order valence-corrected chi connectivity index (χ1v) is 7.51. The standard InChI is InChI=1S/C16H17BrClNO/c1-10-4-5-11(2)12(6-10)9-19-15-8-13(18)7-14(17)16(15)20-3/h4-8,19H,9H2,1-3H3. The number of hydrogen-bond acceptors (Lipinski definition) is 2. The van der Waals surface area contributed by atoms with Gasteiger partial charge in [0.25, 0.3) is 0 Å². The summed E-state index contributed by atoms with van der Waals surface area (Å²) in [7, 11) is 1.65. The van der Waals surface area contributed by atoms with Crippen LogP contribution in [0.15, 0.2) is 34.8 Å². The Hall–Kier alpha value is -1.19. The molecule has 1 N–H and O–H groups in total. The van der Waals surface area contributed by atoms with E-state index in [9.17, 15) is 0 Å². The molecule has 0 aliphatic heterocycles. The molecule has 0 aliphatic carbocycles. The zero-order valence-electron chi connectivity index (χ0n) is 11.8. The molecule has 2 aromatic carbocycles. The van der Waals surface area contributed by atoms with E-state index in [1.807, 2.05) is 12.1 Å². The Labute approximate surface area is 133 Å². The molecule has 0 heterocycles. The van der Waals surface area contributed by atoms with Gasteiger partial charge in [-0.2, -0.15) is 0 Å². The molecule has 0 radical (unpaired) electrons. The highest BCUT2D eigenvalue weighted by Gasteiger charge is 2.09. The average molecular weight is 355 g/mol. The molecule has 0 bridgehead atoms. The highest BCUT2D eigenvalue weighted by molar-refractivity contribution is 9.10. The van der Waals surface area contributed by atoms with E-state index in [0.29, 0.717) is 5.02 Å². The van der Waals surface area contributed by atoms with E-state index in [2.05, 4.69) is 53.3 Å². The Kier molecular flexibility index (Phi) is 4.95. The van der Waals surface area contributed by atoms with E-state index in [-0.39, 0.29) is 0 Å². The van der Waals surface area contributed by atoms with Gasteiger partial charge in [0.15, 0.2) is 5.75 Å². The summed E-state index contributed by atoms with van der Waals surface area (Å²) in [4.78, 5) is 0. The van der Waals surface area contributed by atoms with E-state index < -0.39 is 0 Å². The monoisotopic (exact) mass is 353 g/mol. The minimum atomic E-state index is 0.668. The predicted molar refractivity (Wildman–Crippen MR) is 88.9 cm³/mol. The molecule has 2 aromatic rings. The Balaban J connectivity index is 2.24. The number of aryl methyl sites for hydroxylation is 2. The third kappa shape index (κ3) is 3.47. The van der Waals surface area contributed by atoms with Crippen LogP contribution in [-0.4, -0.2) is 7.11 Å². The van der Waals surface area contributed by atoms with Crippen LogP contribution >= 0.6 is 27.5 Å². The molecule has 0 spiro atoms. The molecule has 20 heavy (non-hydrogen) atoms. The van der Waals surface area contributed by atoms with Crippen molar-refractivity contribution in [3.05, 3.63) is 56.5 Å². The summed E-state index contributed by atoms with van der Waals surface area (Å²) in [5, 5.41) is 4.06. The van der Waals surface area contributed by atoms with Gasteiger partial charge in [-0.15, -0.1) is 0 Å². The van der Waals surface area contributed by atoms with Crippen LogP contribution in [0.25, 0.3) is 0 Å². The summed E-state index contributed by atoms with van der Waals surface area (Å²) in [5.41, 5.74) is 4.67. The minimum Gasteiger partial charge on any atom is -0.493 e. The molecule has 4 heteroatoms. The minimum absolute atomic E-state index is 0.668. The second kappa shape index (κ2) is 6.51. The molecule has 0 saturated carbocycles. The average Bonchev–Trinajstić information content (AvgIpc) is 2.39. The van der Waals surface area contributed by atoms with Crippen molar-refractivity contribution in [2.24, 2.45) is 0 Å². The molecule has 0 amide bonds. The highest BCUT2D eigenvalue weighted by Crippen LogP contribution is 2.36. The smallest absolute Gasteiger partial charge is 0.156 e. The molecule has 0 unspecified atom stereocenters. The lowest BCUT2D eigenvalue weighted by Crippen LogP contribution is -2.03. The van der Waals surface area contributed by atoms with Crippen LogP contribution < -0.4 is 10.1 Å². The van der Waals surface area contributed by atoms with Crippen LogP contribution in [0.2, 0.25) is 5.02 Å². The van der Waals surface area contributed by atoms with Crippen LogP contribution in [0.4, 0.5) is 5.69 Å². The van der Waals surface area contributed by atoms with E-state index >= 15 is 0 Å². The highest BCUT2D eigenvalue weighted by atomic mass is 79.9. The van der Waals surface area contributed by atoms with Gasteiger partial charge in [0, 0.05) is 11.6 Å². The van der Waals surface area contributed by atoms with Crippen molar-refractivity contribution < 1.29 is 4.74 Å². The molecule has 106 valence electrons. The van der Waals surface area contributed by atoms with Crippen molar-refractivity contribution in [2.45, 2.75) is 20.4 Å². The summed E-state index contributed by atoms with van der Waals surface area (Å²) in [5.74, 6) is 0.764. The zero-order chi connectivity index (χ0) is 14.7. The Morgan fingerprint density at radius 1 is 1.20 bits per heavy atom. The zero-order valence-corrected chi connectivity index (χ0v) is 14.1. The molecule has 2 rings (SSSR count). The van der Waals surface area contributed by atoms with Crippen molar-refractivity contribution in [1.82, 2.24) is 0 Å². The number of anilines is 1. The van der Waals surface area contributed by atoms with E-state index in [1.165, 1.54) is 16.7 Å². The summed E-state index contributed by atoms with van der Waals surface area (Å²) >= 11 is 9.55. The third-order valence-electron chi connectivity index (χ3n) is 3.19. The van der Waals surface area contributed by atoms with Gasteiger partial charge < -0.3 is 10.1 Å². The largest absolute Gasteiger partial charge is 0.493 e. The summed E-state index contributed by atoms with van der Waals surface area (Å²) < 4.78 is 6.25. The number of methoxy groups -OCH3 is 1. The topological polar surface area (TPSA) is 21.3 Å². The van der Waals surface area contributed by atoms with Gasteiger partial charge in [0.05, 0.1) is 17.3 Å². The lowest BCUT2D eigenvalue weighted by Gasteiger charge is -2.14. The van der Waals surface area contributed by atoms with Crippen LogP contribution in [-0.2, 0) is 6.54 Å². The maximum atomic E-state index is 6.09. The molecule has 0 fully saturated rings. The summed E-state index contributed by atoms with van der Waals surface area (Å²) in [6.45, 7) is 4.94. The first-order chi connectivity index (χ1) is 9.51. The Morgan fingerprint density at radius 2 is 1.95 bits per heavy atom. The fourth-order valence-corrected chi connectivity index (χ4v) is 3.05. The number of benzene rings is 2. The Morgan fingerprint density at radius 3 is 2.65 bits per heavy atom. The maximum Gasteiger partial charge on any atom is 0.156 e. The van der Waals surface area contributed by atoms with Crippen LogP contribution in [0, 0.1) is 13.8 Å². The number of ether oxygens (including phenoxy) is 1. The van der Waals surface area contributed by atoms with Gasteiger partial charge in [0.1, 0.15) is 0 Å². The molecule has 0 aliphatic rings. The summed E-state index contributed by atoms with van der Waals surface area (Å²) in [6, 6.07) is 10.1. The lowest BCUT2D eigenvalue weighted by atomic mass is 10.1. The first kappa shape index (κ1) is 15.2. The van der Waals surface area contributed by atoms with Gasteiger partial charge in [-0.05, 0) is 53.0 Å². The van der Waals surface area contributed by atoms with E-state index in [4.69, 9.17) is 16.3 Å². The predicted octanol–water partition coefficient (Wildman–Crippen LogP) is 5.34. The van der Waals surface area contributed by atoms with Crippen molar-refractivity contribution in [2.75, 3.05) is 12.4 Å². The van der Waals surface area contributed by atoms with Crippen LogP contribution in [0.3, 0.4) is 0 Å². The van der Waals surface area contributed by atoms with Gasteiger partial charge >= 0.3 is 0 Å².